The summed E-state index contributed by atoms with van der Waals surface area (Å²) < 4.78 is 37.8. The Morgan fingerprint density at radius 1 is 1.33 bits per heavy atom. The lowest BCUT2D eigenvalue weighted by Crippen LogP contribution is -2.33. The van der Waals surface area contributed by atoms with Crippen molar-refractivity contribution < 1.29 is 28.2 Å². The Labute approximate surface area is 119 Å². The second-order valence-electron chi connectivity index (χ2n) is 5.23. The molecule has 116 valence electrons. The minimum absolute atomic E-state index is 0.0771. The summed E-state index contributed by atoms with van der Waals surface area (Å²) in [5.41, 5.74) is -0.957. The molecule has 1 amide bonds. The van der Waals surface area contributed by atoms with E-state index in [4.69, 9.17) is 5.11 Å². The fourth-order valence-electron chi connectivity index (χ4n) is 2.52. The van der Waals surface area contributed by atoms with Crippen LogP contribution in [0.2, 0.25) is 0 Å². The predicted octanol–water partition coefficient (Wildman–Crippen LogP) is 1.57. The van der Waals surface area contributed by atoms with Crippen molar-refractivity contribution >= 4 is 5.91 Å². The molecule has 3 atom stereocenters. The zero-order valence-electron chi connectivity index (χ0n) is 11.1. The number of aliphatic hydroxyl groups is 2. The maximum absolute atomic E-state index is 12.6. The van der Waals surface area contributed by atoms with Crippen molar-refractivity contribution in [1.29, 1.82) is 0 Å². The van der Waals surface area contributed by atoms with Gasteiger partial charge in [0.1, 0.15) is 0 Å². The number of aliphatic hydroxyl groups excluding tert-OH is 2. The van der Waals surface area contributed by atoms with E-state index in [1.165, 1.54) is 12.1 Å². The summed E-state index contributed by atoms with van der Waals surface area (Å²) >= 11 is 0. The van der Waals surface area contributed by atoms with Crippen LogP contribution in [0.25, 0.3) is 0 Å². The fourth-order valence-corrected chi connectivity index (χ4v) is 2.52. The summed E-state index contributed by atoms with van der Waals surface area (Å²) in [6.07, 6.45) is -4.51. The summed E-state index contributed by atoms with van der Waals surface area (Å²) in [5.74, 6) is -0.923. The Morgan fingerprint density at radius 2 is 2.05 bits per heavy atom. The van der Waals surface area contributed by atoms with Crippen LogP contribution in [0.5, 0.6) is 0 Å². The van der Waals surface area contributed by atoms with E-state index in [0.717, 1.165) is 12.1 Å². The summed E-state index contributed by atoms with van der Waals surface area (Å²) in [6.45, 7) is -0.183. The number of hydrogen-bond donors (Lipinski definition) is 3. The Hall–Kier alpha value is -1.60. The van der Waals surface area contributed by atoms with Gasteiger partial charge < -0.3 is 15.5 Å². The van der Waals surface area contributed by atoms with Crippen LogP contribution in [-0.2, 0) is 6.18 Å². The van der Waals surface area contributed by atoms with Gasteiger partial charge in [-0.05, 0) is 31.0 Å². The van der Waals surface area contributed by atoms with Gasteiger partial charge >= 0.3 is 6.18 Å². The number of rotatable bonds is 3. The number of carbonyl (C=O) groups is 1. The highest BCUT2D eigenvalue weighted by Gasteiger charge is 2.34. The summed E-state index contributed by atoms with van der Waals surface area (Å²) in [7, 11) is 0. The summed E-state index contributed by atoms with van der Waals surface area (Å²) in [6, 6.07) is 3.83. The minimum Gasteiger partial charge on any atom is -0.396 e. The largest absolute Gasteiger partial charge is 0.416 e. The van der Waals surface area contributed by atoms with E-state index in [-0.39, 0.29) is 30.6 Å². The van der Waals surface area contributed by atoms with E-state index in [1.54, 1.807) is 0 Å². The molecule has 1 fully saturated rings. The van der Waals surface area contributed by atoms with Crippen molar-refractivity contribution in [3.05, 3.63) is 35.4 Å². The molecule has 3 unspecified atom stereocenters. The Bertz CT molecular complexity index is 518. The van der Waals surface area contributed by atoms with Gasteiger partial charge in [-0.3, -0.25) is 4.79 Å². The van der Waals surface area contributed by atoms with Gasteiger partial charge in [0.05, 0.1) is 11.7 Å². The van der Waals surface area contributed by atoms with Crippen molar-refractivity contribution in [2.24, 2.45) is 5.92 Å². The Morgan fingerprint density at radius 3 is 2.62 bits per heavy atom. The molecule has 4 nitrogen and oxygen atoms in total. The smallest absolute Gasteiger partial charge is 0.396 e. The first-order valence-corrected chi connectivity index (χ1v) is 6.58. The van der Waals surface area contributed by atoms with E-state index < -0.39 is 23.8 Å². The zero-order chi connectivity index (χ0) is 15.6. The lowest BCUT2D eigenvalue weighted by atomic mass is 10.1. The van der Waals surface area contributed by atoms with Gasteiger partial charge in [-0.1, -0.05) is 6.07 Å². The van der Waals surface area contributed by atoms with Gasteiger partial charge in [-0.2, -0.15) is 13.2 Å². The number of benzene rings is 1. The third-order valence-corrected chi connectivity index (χ3v) is 3.68. The van der Waals surface area contributed by atoms with Crippen LogP contribution < -0.4 is 5.32 Å². The third-order valence-electron chi connectivity index (χ3n) is 3.68. The van der Waals surface area contributed by atoms with E-state index in [1.807, 2.05) is 0 Å². The molecular formula is C14H16F3NO3. The van der Waals surface area contributed by atoms with Crippen LogP contribution in [0.1, 0.15) is 28.8 Å². The number of halogens is 3. The number of alkyl halides is 3. The topological polar surface area (TPSA) is 69.6 Å². The first-order chi connectivity index (χ1) is 9.81. The predicted molar refractivity (Wildman–Crippen MR) is 68.5 cm³/mol. The highest BCUT2D eigenvalue weighted by molar-refractivity contribution is 5.94. The average molecular weight is 303 g/mol. The molecule has 0 saturated heterocycles. The van der Waals surface area contributed by atoms with Crippen LogP contribution in [-0.4, -0.2) is 34.9 Å². The summed E-state index contributed by atoms with van der Waals surface area (Å²) in [4.78, 5) is 12.0. The van der Waals surface area contributed by atoms with Crippen LogP contribution in [0.15, 0.2) is 24.3 Å². The lowest BCUT2D eigenvalue weighted by molar-refractivity contribution is -0.137. The molecule has 7 heteroatoms. The van der Waals surface area contributed by atoms with Crippen LogP contribution >= 0.6 is 0 Å². The maximum atomic E-state index is 12.6. The highest BCUT2D eigenvalue weighted by atomic mass is 19.4. The molecule has 0 aliphatic heterocycles. The minimum atomic E-state index is -4.50. The summed E-state index contributed by atoms with van der Waals surface area (Å²) in [5, 5.41) is 21.3. The molecule has 0 bridgehead atoms. The standard InChI is InChI=1S/C14H16F3NO3/c15-14(16,17)10-3-1-2-8(4-10)13(21)18-11-5-9(7-19)12(20)6-11/h1-4,9,11-12,19-20H,5-7H2,(H,18,21). The monoisotopic (exact) mass is 303 g/mol. The van der Waals surface area contributed by atoms with E-state index >= 15 is 0 Å². The van der Waals surface area contributed by atoms with Crippen molar-refractivity contribution in [3.63, 3.8) is 0 Å². The molecule has 2 rings (SSSR count). The highest BCUT2D eigenvalue weighted by Crippen LogP contribution is 2.30. The van der Waals surface area contributed by atoms with Gasteiger partial charge in [-0.25, -0.2) is 0 Å². The Balaban J connectivity index is 2.05. The Kier molecular flexibility index (Phi) is 4.53. The molecule has 1 aliphatic carbocycles. The molecule has 1 saturated carbocycles. The number of nitrogens with one attached hydrogen (secondary N) is 1. The molecule has 0 heterocycles. The number of amides is 1. The van der Waals surface area contributed by atoms with Gasteiger partial charge in [0.25, 0.3) is 5.91 Å². The molecule has 1 aromatic carbocycles. The molecule has 21 heavy (non-hydrogen) atoms. The average Bonchev–Trinajstić information content (AvgIpc) is 2.78. The molecule has 0 radical (unpaired) electrons. The quantitative estimate of drug-likeness (QED) is 0.794. The first kappa shape index (κ1) is 15.8. The number of carbonyl (C=O) groups excluding carboxylic acids is 1. The molecule has 3 N–H and O–H groups in total. The molecule has 0 aromatic heterocycles. The normalized spacial score (nSPS) is 25.9. The molecule has 1 aromatic rings. The molecule has 1 aliphatic rings. The van der Waals surface area contributed by atoms with E-state index in [0.29, 0.717) is 6.42 Å². The maximum Gasteiger partial charge on any atom is 0.416 e. The van der Waals surface area contributed by atoms with Gasteiger partial charge in [-0.15, -0.1) is 0 Å². The number of hydrogen-bond acceptors (Lipinski definition) is 3. The van der Waals surface area contributed by atoms with Crippen LogP contribution in [0.4, 0.5) is 13.2 Å². The van der Waals surface area contributed by atoms with Gasteiger partial charge in [0.2, 0.25) is 0 Å². The molecular weight excluding hydrogens is 287 g/mol. The van der Waals surface area contributed by atoms with E-state index in [2.05, 4.69) is 5.32 Å². The van der Waals surface area contributed by atoms with Gasteiger partial charge in [0, 0.05) is 24.1 Å². The van der Waals surface area contributed by atoms with Crippen LogP contribution in [0.3, 0.4) is 0 Å². The molecule has 0 spiro atoms. The second kappa shape index (κ2) is 6.03. The van der Waals surface area contributed by atoms with Gasteiger partial charge in [0.15, 0.2) is 0 Å². The fraction of sp³-hybridized carbons (Fsp3) is 0.500. The van der Waals surface area contributed by atoms with Crippen molar-refractivity contribution in [1.82, 2.24) is 5.32 Å². The van der Waals surface area contributed by atoms with E-state index in [9.17, 15) is 23.1 Å². The third kappa shape index (κ3) is 3.74. The SMILES string of the molecule is O=C(NC1CC(O)C(CO)C1)c1cccc(C(F)(F)F)c1. The second-order valence-corrected chi connectivity index (χ2v) is 5.23. The van der Waals surface area contributed by atoms with Crippen molar-refractivity contribution in [3.8, 4) is 0 Å². The van der Waals surface area contributed by atoms with Crippen LogP contribution in [0, 0.1) is 5.92 Å². The lowest BCUT2D eigenvalue weighted by Gasteiger charge is -2.13. The first-order valence-electron chi connectivity index (χ1n) is 6.58. The van der Waals surface area contributed by atoms with Crippen molar-refractivity contribution in [2.75, 3.05) is 6.61 Å². The van der Waals surface area contributed by atoms with Crippen molar-refractivity contribution in [2.45, 2.75) is 31.2 Å². The zero-order valence-corrected chi connectivity index (χ0v) is 11.1.